The third-order valence-corrected chi connectivity index (χ3v) is 5.02. The van der Waals surface area contributed by atoms with Crippen LogP contribution in [-0.2, 0) is 4.79 Å². The summed E-state index contributed by atoms with van der Waals surface area (Å²) in [6, 6.07) is 10.00. The zero-order valence-electron chi connectivity index (χ0n) is 16.0. The third kappa shape index (κ3) is 4.72. The molecule has 3 N–H and O–H groups in total. The monoisotopic (exact) mass is 408 g/mol. The number of nitrogens with zero attached hydrogens (tertiary/aromatic N) is 3. The van der Waals surface area contributed by atoms with E-state index in [1.807, 2.05) is 6.07 Å². The molecule has 154 valence electrons. The highest BCUT2D eigenvalue weighted by Crippen LogP contribution is 2.31. The predicted molar refractivity (Wildman–Crippen MR) is 105 cm³/mol. The molecular weight excluding hydrogens is 388 g/mol. The number of carbonyl (C=O) groups is 3. The molecule has 0 aliphatic carbocycles. The van der Waals surface area contributed by atoms with Crippen LogP contribution in [0, 0.1) is 11.3 Å². The standard InChI is InChI=1S/C21H20N4O5/c22-10-13-1-3-15(4-2-13)21(30)25-7-5-14(6-8-25)16-9-17(26)19(23-11-16)20(29)24-12-18(27)28/h1-4,9,11,14,26H,5-8,12H2,(H,24,29)(H,27,28). The van der Waals surface area contributed by atoms with E-state index in [0.717, 1.165) is 5.56 Å². The van der Waals surface area contributed by atoms with Gasteiger partial charge in [0.25, 0.3) is 11.8 Å². The Labute approximate surface area is 172 Å². The number of aromatic nitrogens is 1. The SMILES string of the molecule is N#Cc1ccc(C(=O)N2CCC(c3cnc(C(=O)NCC(=O)O)c(O)c3)CC2)cc1. The summed E-state index contributed by atoms with van der Waals surface area (Å²) >= 11 is 0. The lowest BCUT2D eigenvalue weighted by Crippen LogP contribution is -2.38. The Hall–Kier alpha value is -3.93. The molecule has 9 nitrogen and oxygen atoms in total. The quantitative estimate of drug-likeness (QED) is 0.680. The number of carboxylic acid groups (broad SMARTS) is 1. The molecule has 1 aromatic carbocycles. The highest BCUT2D eigenvalue weighted by atomic mass is 16.4. The molecule has 0 radical (unpaired) electrons. The van der Waals surface area contributed by atoms with E-state index >= 15 is 0 Å². The summed E-state index contributed by atoms with van der Waals surface area (Å²) in [6.07, 6.45) is 2.85. The molecule has 0 spiro atoms. The van der Waals surface area contributed by atoms with Crippen molar-refractivity contribution in [1.82, 2.24) is 15.2 Å². The maximum absolute atomic E-state index is 12.6. The van der Waals surface area contributed by atoms with Crippen LogP contribution in [0.4, 0.5) is 0 Å². The van der Waals surface area contributed by atoms with Gasteiger partial charge in [0.05, 0.1) is 11.6 Å². The number of carbonyl (C=O) groups excluding carboxylic acids is 2. The molecule has 2 heterocycles. The maximum Gasteiger partial charge on any atom is 0.322 e. The van der Waals surface area contributed by atoms with Gasteiger partial charge in [-0.2, -0.15) is 5.26 Å². The number of hydrogen-bond acceptors (Lipinski definition) is 6. The number of hydrogen-bond donors (Lipinski definition) is 3. The first kappa shape index (κ1) is 20.8. The highest BCUT2D eigenvalue weighted by Gasteiger charge is 2.26. The minimum absolute atomic E-state index is 0.0737. The van der Waals surface area contributed by atoms with E-state index in [9.17, 15) is 19.5 Å². The van der Waals surface area contributed by atoms with Gasteiger partial charge in [0, 0.05) is 24.8 Å². The van der Waals surface area contributed by atoms with Crippen molar-refractivity contribution in [2.75, 3.05) is 19.6 Å². The van der Waals surface area contributed by atoms with Gasteiger partial charge >= 0.3 is 5.97 Å². The number of benzene rings is 1. The van der Waals surface area contributed by atoms with Crippen molar-refractivity contribution in [2.45, 2.75) is 18.8 Å². The summed E-state index contributed by atoms with van der Waals surface area (Å²) in [6.45, 7) is 0.504. The van der Waals surface area contributed by atoms with Crippen LogP contribution >= 0.6 is 0 Å². The third-order valence-electron chi connectivity index (χ3n) is 5.02. The molecule has 1 saturated heterocycles. The average Bonchev–Trinajstić information content (AvgIpc) is 2.77. The van der Waals surface area contributed by atoms with E-state index in [2.05, 4.69) is 10.3 Å². The minimum atomic E-state index is -1.19. The lowest BCUT2D eigenvalue weighted by atomic mass is 9.90. The van der Waals surface area contributed by atoms with Crippen LogP contribution in [0.1, 0.15) is 50.7 Å². The molecular formula is C21H20N4O5. The fourth-order valence-electron chi connectivity index (χ4n) is 3.39. The molecule has 0 atom stereocenters. The van der Waals surface area contributed by atoms with Crippen molar-refractivity contribution in [3.8, 4) is 11.8 Å². The second-order valence-corrected chi connectivity index (χ2v) is 6.97. The second-order valence-electron chi connectivity index (χ2n) is 6.97. The highest BCUT2D eigenvalue weighted by molar-refractivity contribution is 5.96. The van der Waals surface area contributed by atoms with Crippen LogP contribution in [0.2, 0.25) is 0 Å². The smallest absolute Gasteiger partial charge is 0.322 e. The Balaban J connectivity index is 1.61. The van der Waals surface area contributed by atoms with Gasteiger partial charge in [-0.15, -0.1) is 0 Å². The molecule has 2 aromatic rings. The maximum atomic E-state index is 12.6. The number of rotatable bonds is 5. The van der Waals surface area contributed by atoms with Crippen LogP contribution in [0.5, 0.6) is 5.75 Å². The molecule has 30 heavy (non-hydrogen) atoms. The van der Waals surface area contributed by atoms with E-state index in [0.29, 0.717) is 37.1 Å². The number of likely N-dealkylation sites (tertiary alicyclic amines) is 1. The van der Waals surface area contributed by atoms with Gasteiger partial charge in [0.1, 0.15) is 12.3 Å². The van der Waals surface area contributed by atoms with E-state index in [1.165, 1.54) is 12.3 Å². The molecule has 1 aliphatic heterocycles. The first-order valence-electron chi connectivity index (χ1n) is 9.37. The van der Waals surface area contributed by atoms with E-state index in [4.69, 9.17) is 10.4 Å². The number of amides is 2. The molecule has 0 bridgehead atoms. The Morgan fingerprint density at radius 3 is 2.43 bits per heavy atom. The van der Waals surface area contributed by atoms with Gasteiger partial charge in [-0.3, -0.25) is 14.4 Å². The fourth-order valence-corrected chi connectivity index (χ4v) is 3.39. The number of pyridine rings is 1. The summed E-state index contributed by atoms with van der Waals surface area (Å²) in [5.74, 6) is -2.29. The number of aromatic hydroxyl groups is 1. The van der Waals surface area contributed by atoms with Gasteiger partial charge in [-0.25, -0.2) is 4.98 Å². The minimum Gasteiger partial charge on any atom is -0.505 e. The van der Waals surface area contributed by atoms with Gasteiger partial charge < -0.3 is 20.4 Å². The molecule has 2 amide bonds. The molecule has 0 unspecified atom stereocenters. The van der Waals surface area contributed by atoms with Crippen molar-refractivity contribution >= 4 is 17.8 Å². The van der Waals surface area contributed by atoms with Crippen molar-refractivity contribution in [3.63, 3.8) is 0 Å². The van der Waals surface area contributed by atoms with Gasteiger partial charge in [-0.1, -0.05) is 0 Å². The number of nitriles is 1. The molecule has 1 fully saturated rings. The summed E-state index contributed by atoms with van der Waals surface area (Å²) < 4.78 is 0. The van der Waals surface area contributed by atoms with Gasteiger partial charge in [0.2, 0.25) is 0 Å². The summed E-state index contributed by atoms with van der Waals surface area (Å²) in [5.41, 5.74) is 1.56. The molecule has 9 heteroatoms. The van der Waals surface area contributed by atoms with Gasteiger partial charge in [0.15, 0.2) is 5.69 Å². The Bertz CT molecular complexity index is 1010. The van der Waals surface area contributed by atoms with Crippen LogP contribution in [0.25, 0.3) is 0 Å². The second kappa shape index (κ2) is 9.05. The van der Waals surface area contributed by atoms with Crippen LogP contribution in [0.15, 0.2) is 36.5 Å². The van der Waals surface area contributed by atoms with Crippen LogP contribution in [0.3, 0.4) is 0 Å². The van der Waals surface area contributed by atoms with Crippen LogP contribution in [-0.4, -0.2) is 57.5 Å². The Kier molecular flexibility index (Phi) is 6.27. The summed E-state index contributed by atoms with van der Waals surface area (Å²) in [7, 11) is 0. The zero-order chi connectivity index (χ0) is 21.7. The topological polar surface area (TPSA) is 144 Å². The lowest BCUT2D eigenvalue weighted by Gasteiger charge is -2.32. The molecule has 1 aliphatic rings. The van der Waals surface area contributed by atoms with E-state index in [-0.39, 0.29) is 23.3 Å². The van der Waals surface area contributed by atoms with Crippen molar-refractivity contribution in [3.05, 3.63) is 58.9 Å². The van der Waals surface area contributed by atoms with Crippen molar-refractivity contribution < 1.29 is 24.6 Å². The lowest BCUT2D eigenvalue weighted by molar-refractivity contribution is -0.135. The summed E-state index contributed by atoms with van der Waals surface area (Å²) in [4.78, 5) is 40.8. The predicted octanol–water partition coefficient (Wildman–Crippen LogP) is 1.49. The molecule has 0 saturated carbocycles. The van der Waals surface area contributed by atoms with E-state index in [1.54, 1.807) is 29.2 Å². The molecule has 3 rings (SSSR count). The van der Waals surface area contributed by atoms with Gasteiger partial charge in [-0.05, 0) is 54.7 Å². The summed E-state index contributed by atoms with van der Waals surface area (Å²) in [5, 5.41) is 29.8. The fraction of sp³-hybridized carbons (Fsp3) is 0.286. The normalized spacial score (nSPS) is 14.0. The first-order valence-corrected chi connectivity index (χ1v) is 9.37. The zero-order valence-corrected chi connectivity index (χ0v) is 16.0. The largest absolute Gasteiger partial charge is 0.505 e. The first-order chi connectivity index (χ1) is 14.4. The Morgan fingerprint density at radius 2 is 1.87 bits per heavy atom. The average molecular weight is 408 g/mol. The molecule has 1 aromatic heterocycles. The van der Waals surface area contributed by atoms with E-state index < -0.39 is 18.4 Å². The number of nitrogens with one attached hydrogen (secondary N) is 1. The van der Waals surface area contributed by atoms with Crippen LogP contribution < -0.4 is 5.32 Å². The Morgan fingerprint density at radius 1 is 1.20 bits per heavy atom. The van der Waals surface area contributed by atoms with Crippen molar-refractivity contribution in [2.24, 2.45) is 0 Å². The van der Waals surface area contributed by atoms with Crippen molar-refractivity contribution in [1.29, 1.82) is 5.26 Å². The number of aliphatic carboxylic acids is 1. The number of piperidine rings is 1. The number of carboxylic acids is 1.